The minimum atomic E-state index is -0.665. The Morgan fingerprint density at radius 2 is 1.65 bits per heavy atom. The van der Waals surface area contributed by atoms with Crippen LogP contribution in [0.2, 0.25) is 0 Å². The SMILES string of the molecule is CCC(=O)[C@@H]1[C@H](C)CCN1C(=O)[C@H](CC(C)(C)C)NC(=O)c1ccc(N2CCN(C)CC2)cc1. The molecule has 3 atom stereocenters. The summed E-state index contributed by atoms with van der Waals surface area (Å²) < 4.78 is 0. The van der Waals surface area contributed by atoms with Gasteiger partial charge in [0.1, 0.15) is 6.04 Å². The molecule has 188 valence electrons. The van der Waals surface area contributed by atoms with Crippen molar-refractivity contribution in [2.24, 2.45) is 11.3 Å². The molecule has 7 heteroatoms. The molecular formula is C27H42N4O3. The summed E-state index contributed by atoms with van der Waals surface area (Å²) in [4.78, 5) is 45.7. The summed E-state index contributed by atoms with van der Waals surface area (Å²) in [5.41, 5.74) is 1.49. The summed E-state index contributed by atoms with van der Waals surface area (Å²) in [6.45, 7) is 14.6. The van der Waals surface area contributed by atoms with Crippen molar-refractivity contribution < 1.29 is 14.4 Å². The van der Waals surface area contributed by atoms with E-state index in [1.165, 1.54) is 0 Å². The fourth-order valence-electron chi connectivity index (χ4n) is 5.04. The Labute approximate surface area is 204 Å². The highest BCUT2D eigenvalue weighted by Gasteiger charge is 2.41. The minimum absolute atomic E-state index is 0.0960. The fraction of sp³-hybridized carbons (Fsp3) is 0.667. The maximum atomic E-state index is 13.6. The van der Waals surface area contributed by atoms with Crippen LogP contribution in [0.5, 0.6) is 0 Å². The first kappa shape index (κ1) is 26.2. The van der Waals surface area contributed by atoms with E-state index < -0.39 is 6.04 Å². The number of carbonyl (C=O) groups is 3. The van der Waals surface area contributed by atoms with Gasteiger partial charge in [-0.3, -0.25) is 14.4 Å². The first-order valence-electron chi connectivity index (χ1n) is 12.7. The topological polar surface area (TPSA) is 73.0 Å². The highest BCUT2D eigenvalue weighted by molar-refractivity contribution is 5.99. The van der Waals surface area contributed by atoms with Crippen molar-refractivity contribution in [3.63, 3.8) is 0 Å². The van der Waals surface area contributed by atoms with Crippen molar-refractivity contribution in [2.45, 2.75) is 66.0 Å². The highest BCUT2D eigenvalue weighted by atomic mass is 16.2. The Morgan fingerprint density at radius 3 is 2.21 bits per heavy atom. The molecule has 7 nitrogen and oxygen atoms in total. The van der Waals surface area contributed by atoms with Crippen LogP contribution in [0.3, 0.4) is 0 Å². The van der Waals surface area contributed by atoms with Crippen LogP contribution in [-0.4, -0.2) is 79.3 Å². The second kappa shape index (κ2) is 10.9. The van der Waals surface area contributed by atoms with E-state index in [1.54, 1.807) is 4.90 Å². The second-order valence-corrected chi connectivity index (χ2v) is 11.2. The van der Waals surface area contributed by atoms with E-state index in [2.05, 4.69) is 42.9 Å². The van der Waals surface area contributed by atoms with Gasteiger partial charge in [-0.2, -0.15) is 0 Å². The number of piperazine rings is 1. The van der Waals surface area contributed by atoms with Crippen molar-refractivity contribution in [1.82, 2.24) is 15.1 Å². The molecule has 1 aromatic carbocycles. The average Bonchev–Trinajstić information content (AvgIpc) is 3.18. The summed E-state index contributed by atoms with van der Waals surface area (Å²) in [5.74, 6) is -0.158. The van der Waals surface area contributed by atoms with Crippen molar-refractivity contribution in [3.8, 4) is 0 Å². The molecule has 2 amide bonds. The number of likely N-dealkylation sites (tertiary alicyclic amines) is 1. The van der Waals surface area contributed by atoms with Crippen LogP contribution in [0.4, 0.5) is 5.69 Å². The van der Waals surface area contributed by atoms with Gasteiger partial charge in [0.05, 0.1) is 6.04 Å². The Morgan fingerprint density at radius 1 is 1.03 bits per heavy atom. The van der Waals surface area contributed by atoms with E-state index in [0.717, 1.165) is 38.3 Å². The van der Waals surface area contributed by atoms with E-state index >= 15 is 0 Å². The first-order chi connectivity index (χ1) is 16.0. The number of Topliss-reactive ketones (excluding diaryl/α,β-unsaturated/α-hetero) is 1. The van der Waals surface area contributed by atoms with Gasteiger partial charge in [0, 0.05) is 50.4 Å². The van der Waals surface area contributed by atoms with E-state index in [0.29, 0.717) is 24.9 Å². The zero-order chi connectivity index (χ0) is 25.0. The zero-order valence-corrected chi connectivity index (χ0v) is 21.8. The quantitative estimate of drug-likeness (QED) is 0.663. The lowest BCUT2D eigenvalue weighted by atomic mass is 9.87. The second-order valence-electron chi connectivity index (χ2n) is 11.2. The highest BCUT2D eigenvalue weighted by Crippen LogP contribution is 2.29. The third-order valence-corrected chi connectivity index (χ3v) is 7.08. The first-order valence-corrected chi connectivity index (χ1v) is 12.7. The number of carbonyl (C=O) groups excluding carboxylic acids is 3. The monoisotopic (exact) mass is 470 g/mol. The van der Waals surface area contributed by atoms with Gasteiger partial charge in [-0.05, 0) is 55.5 Å². The number of rotatable bonds is 7. The third-order valence-electron chi connectivity index (χ3n) is 7.08. The molecule has 0 radical (unpaired) electrons. The van der Waals surface area contributed by atoms with Gasteiger partial charge in [0.25, 0.3) is 5.91 Å². The van der Waals surface area contributed by atoms with Gasteiger partial charge in [-0.15, -0.1) is 0 Å². The Kier molecular flexibility index (Phi) is 8.39. The minimum Gasteiger partial charge on any atom is -0.369 e. The number of anilines is 1. The molecule has 34 heavy (non-hydrogen) atoms. The molecule has 2 aliphatic heterocycles. The summed E-state index contributed by atoms with van der Waals surface area (Å²) in [6.07, 6.45) is 1.73. The lowest BCUT2D eigenvalue weighted by Gasteiger charge is -2.34. The zero-order valence-electron chi connectivity index (χ0n) is 21.8. The average molecular weight is 471 g/mol. The molecule has 2 aliphatic rings. The molecule has 0 aliphatic carbocycles. The van der Waals surface area contributed by atoms with Crippen LogP contribution in [0, 0.1) is 11.3 Å². The lowest BCUT2D eigenvalue weighted by molar-refractivity contribution is -0.140. The van der Waals surface area contributed by atoms with E-state index in [1.807, 2.05) is 38.1 Å². The predicted molar refractivity (Wildman–Crippen MR) is 136 cm³/mol. The van der Waals surface area contributed by atoms with Gasteiger partial charge in [-0.25, -0.2) is 0 Å². The van der Waals surface area contributed by atoms with Gasteiger partial charge < -0.3 is 20.0 Å². The number of likely N-dealkylation sites (N-methyl/N-ethyl adjacent to an activating group) is 1. The molecule has 2 heterocycles. The Balaban J connectivity index is 1.73. The molecule has 0 spiro atoms. The van der Waals surface area contributed by atoms with Crippen LogP contribution in [0.25, 0.3) is 0 Å². The fourth-order valence-corrected chi connectivity index (χ4v) is 5.04. The molecule has 0 unspecified atom stereocenters. The third kappa shape index (κ3) is 6.38. The van der Waals surface area contributed by atoms with Crippen molar-refractivity contribution in [3.05, 3.63) is 29.8 Å². The normalized spacial score (nSPS) is 22.5. The number of benzene rings is 1. The molecule has 3 rings (SSSR count). The number of amides is 2. The van der Waals surface area contributed by atoms with Crippen LogP contribution in [-0.2, 0) is 9.59 Å². The van der Waals surface area contributed by atoms with E-state index in [4.69, 9.17) is 0 Å². The summed E-state index contributed by atoms with van der Waals surface area (Å²) in [5, 5.41) is 3.00. The van der Waals surface area contributed by atoms with Crippen LogP contribution in [0.15, 0.2) is 24.3 Å². The van der Waals surface area contributed by atoms with Gasteiger partial charge >= 0.3 is 0 Å². The predicted octanol–water partition coefficient (Wildman–Crippen LogP) is 3.19. The van der Waals surface area contributed by atoms with E-state index in [-0.39, 0.29) is 35.0 Å². The lowest BCUT2D eigenvalue weighted by Crippen LogP contribution is -2.53. The molecule has 1 aromatic rings. The van der Waals surface area contributed by atoms with Crippen molar-refractivity contribution in [1.29, 1.82) is 0 Å². The largest absolute Gasteiger partial charge is 0.369 e. The Hall–Kier alpha value is -2.41. The molecular weight excluding hydrogens is 428 g/mol. The molecule has 1 N–H and O–H groups in total. The van der Waals surface area contributed by atoms with Crippen LogP contribution < -0.4 is 10.2 Å². The number of nitrogens with zero attached hydrogens (tertiary/aromatic N) is 3. The van der Waals surface area contributed by atoms with Gasteiger partial charge in [-0.1, -0.05) is 34.6 Å². The molecule has 0 bridgehead atoms. The maximum Gasteiger partial charge on any atom is 0.251 e. The Bertz CT molecular complexity index is 869. The summed E-state index contributed by atoms with van der Waals surface area (Å²) in [6, 6.07) is 6.59. The van der Waals surface area contributed by atoms with Crippen LogP contribution >= 0.6 is 0 Å². The van der Waals surface area contributed by atoms with Gasteiger partial charge in [0.15, 0.2) is 5.78 Å². The smallest absolute Gasteiger partial charge is 0.251 e. The maximum absolute atomic E-state index is 13.6. The van der Waals surface area contributed by atoms with Crippen LogP contribution in [0.1, 0.15) is 64.2 Å². The van der Waals surface area contributed by atoms with Crippen molar-refractivity contribution >= 4 is 23.3 Å². The van der Waals surface area contributed by atoms with Gasteiger partial charge in [0.2, 0.25) is 5.91 Å². The van der Waals surface area contributed by atoms with Crippen molar-refractivity contribution in [2.75, 3.05) is 44.7 Å². The molecule has 2 fully saturated rings. The molecule has 0 saturated carbocycles. The summed E-state index contributed by atoms with van der Waals surface area (Å²) in [7, 11) is 2.13. The standard InChI is InChI=1S/C27H42N4O3/c1-7-23(32)24-19(2)12-13-31(24)26(34)22(18-27(3,4)5)28-25(33)20-8-10-21(11-9-20)30-16-14-29(6)15-17-30/h8-11,19,22,24H,7,12-18H2,1-6H3,(H,28,33)/t19-,22+,24+/m1/s1. The molecule has 2 saturated heterocycles. The summed E-state index contributed by atoms with van der Waals surface area (Å²) >= 11 is 0. The van der Waals surface area contributed by atoms with E-state index in [9.17, 15) is 14.4 Å². The molecule has 0 aromatic heterocycles. The number of hydrogen-bond donors (Lipinski definition) is 1. The number of hydrogen-bond acceptors (Lipinski definition) is 5. The number of ketones is 1. The number of nitrogens with one attached hydrogen (secondary N) is 1.